The van der Waals surface area contributed by atoms with Gasteiger partial charge in [-0.1, -0.05) is 17.7 Å². The van der Waals surface area contributed by atoms with Gasteiger partial charge in [0.15, 0.2) is 0 Å². The number of ether oxygens (including phenoxy) is 1. The number of carboxylic acids is 1. The molecule has 0 heterocycles. The predicted molar refractivity (Wildman–Crippen MR) is 84.2 cm³/mol. The SMILES string of the molecule is COc1ccc(CN(CCNC(C)=O)C(C)C(=O)O)cc1Cl. The number of nitrogens with zero attached hydrogens (tertiary/aromatic N) is 1. The van der Waals surface area contributed by atoms with Crippen LogP contribution in [-0.2, 0) is 16.1 Å². The van der Waals surface area contributed by atoms with Gasteiger partial charge in [-0.15, -0.1) is 0 Å². The van der Waals surface area contributed by atoms with E-state index >= 15 is 0 Å². The summed E-state index contributed by atoms with van der Waals surface area (Å²) in [4.78, 5) is 23.9. The Morgan fingerprint density at radius 2 is 2.14 bits per heavy atom. The summed E-state index contributed by atoms with van der Waals surface area (Å²) in [6, 6.07) is 4.66. The van der Waals surface area contributed by atoms with Crippen LogP contribution in [0.2, 0.25) is 5.02 Å². The average Bonchev–Trinajstić information content (AvgIpc) is 2.45. The summed E-state index contributed by atoms with van der Waals surface area (Å²) >= 11 is 6.08. The van der Waals surface area contributed by atoms with Crippen molar-refractivity contribution in [1.29, 1.82) is 0 Å². The van der Waals surface area contributed by atoms with Gasteiger partial charge < -0.3 is 15.2 Å². The zero-order chi connectivity index (χ0) is 16.7. The van der Waals surface area contributed by atoms with Gasteiger partial charge in [0.2, 0.25) is 5.91 Å². The third kappa shape index (κ3) is 5.54. The summed E-state index contributed by atoms with van der Waals surface area (Å²) in [5.41, 5.74) is 0.877. The molecule has 1 rings (SSSR count). The summed E-state index contributed by atoms with van der Waals surface area (Å²) < 4.78 is 5.09. The van der Waals surface area contributed by atoms with Crippen molar-refractivity contribution in [3.05, 3.63) is 28.8 Å². The molecule has 0 aliphatic carbocycles. The van der Waals surface area contributed by atoms with Crippen molar-refractivity contribution in [2.24, 2.45) is 0 Å². The first kappa shape index (κ1) is 18.3. The molecule has 1 amide bonds. The van der Waals surface area contributed by atoms with E-state index in [0.29, 0.717) is 30.4 Å². The van der Waals surface area contributed by atoms with Crippen LogP contribution in [0.15, 0.2) is 18.2 Å². The van der Waals surface area contributed by atoms with Crippen LogP contribution in [0.3, 0.4) is 0 Å². The minimum atomic E-state index is -0.914. The number of carboxylic acid groups (broad SMARTS) is 1. The molecule has 6 nitrogen and oxygen atoms in total. The molecule has 0 aliphatic heterocycles. The van der Waals surface area contributed by atoms with Gasteiger partial charge in [0.25, 0.3) is 0 Å². The van der Waals surface area contributed by atoms with E-state index in [0.717, 1.165) is 5.56 Å². The Labute approximate surface area is 135 Å². The Morgan fingerprint density at radius 1 is 1.45 bits per heavy atom. The Bertz CT molecular complexity index is 536. The van der Waals surface area contributed by atoms with Crippen molar-refractivity contribution in [2.75, 3.05) is 20.2 Å². The molecule has 0 spiro atoms. The zero-order valence-electron chi connectivity index (χ0n) is 12.9. The van der Waals surface area contributed by atoms with Gasteiger partial charge in [0, 0.05) is 26.6 Å². The van der Waals surface area contributed by atoms with Gasteiger partial charge in [-0.25, -0.2) is 0 Å². The van der Waals surface area contributed by atoms with Gasteiger partial charge in [-0.2, -0.15) is 0 Å². The largest absolute Gasteiger partial charge is 0.495 e. The maximum Gasteiger partial charge on any atom is 0.320 e. The van der Waals surface area contributed by atoms with Gasteiger partial charge in [0.05, 0.1) is 12.1 Å². The molecule has 1 aromatic rings. The lowest BCUT2D eigenvalue weighted by Gasteiger charge is -2.26. The van der Waals surface area contributed by atoms with Crippen molar-refractivity contribution >= 4 is 23.5 Å². The lowest BCUT2D eigenvalue weighted by Crippen LogP contribution is -2.42. The Morgan fingerprint density at radius 3 is 2.64 bits per heavy atom. The minimum Gasteiger partial charge on any atom is -0.495 e. The molecule has 0 bridgehead atoms. The normalized spacial score (nSPS) is 12.0. The highest BCUT2D eigenvalue weighted by Gasteiger charge is 2.20. The van der Waals surface area contributed by atoms with Gasteiger partial charge >= 0.3 is 5.97 Å². The Hall–Kier alpha value is -1.79. The summed E-state index contributed by atoms with van der Waals surface area (Å²) in [6.45, 7) is 4.26. The van der Waals surface area contributed by atoms with E-state index in [1.165, 1.54) is 14.0 Å². The molecule has 1 atom stereocenters. The smallest absolute Gasteiger partial charge is 0.320 e. The maximum atomic E-state index is 11.2. The van der Waals surface area contributed by atoms with Crippen LogP contribution in [0.5, 0.6) is 5.75 Å². The van der Waals surface area contributed by atoms with Crippen LogP contribution in [-0.4, -0.2) is 48.1 Å². The second kappa shape index (κ2) is 8.60. The van der Waals surface area contributed by atoms with E-state index in [9.17, 15) is 14.7 Å². The molecule has 0 fully saturated rings. The number of halogens is 1. The molecule has 7 heteroatoms. The number of carbonyl (C=O) groups is 2. The number of hydrogen-bond donors (Lipinski definition) is 2. The number of methoxy groups -OCH3 is 1. The summed E-state index contributed by atoms with van der Waals surface area (Å²) in [7, 11) is 1.53. The quantitative estimate of drug-likeness (QED) is 0.760. The second-order valence-corrected chi connectivity index (χ2v) is 5.34. The first-order chi connectivity index (χ1) is 10.3. The lowest BCUT2D eigenvalue weighted by atomic mass is 10.1. The molecule has 122 valence electrons. The van der Waals surface area contributed by atoms with Gasteiger partial charge in [0.1, 0.15) is 11.8 Å². The molecule has 0 aliphatic rings. The number of nitrogens with one attached hydrogen (secondary N) is 1. The second-order valence-electron chi connectivity index (χ2n) is 4.94. The highest BCUT2D eigenvalue weighted by molar-refractivity contribution is 6.32. The third-order valence-corrected chi connectivity index (χ3v) is 3.58. The fourth-order valence-corrected chi connectivity index (χ4v) is 2.26. The fourth-order valence-electron chi connectivity index (χ4n) is 1.98. The number of rotatable bonds is 8. The van der Waals surface area contributed by atoms with Crippen LogP contribution in [0.4, 0.5) is 0 Å². The zero-order valence-corrected chi connectivity index (χ0v) is 13.7. The molecule has 22 heavy (non-hydrogen) atoms. The molecule has 0 radical (unpaired) electrons. The summed E-state index contributed by atoms with van der Waals surface area (Å²) in [5, 5.41) is 12.3. The average molecular weight is 329 g/mol. The number of carbonyl (C=O) groups excluding carboxylic acids is 1. The monoisotopic (exact) mass is 328 g/mol. The van der Waals surface area contributed by atoms with Crippen LogP contribution in [0.25, 0.3) is 0 Å². The van der Waals surface area contributed by atoms with E-state index in [-0.39, 0.29) is 5.91 Å². The lowest BCUT2D eigenvalue weighted by molar-refractivity contribution is -0.142. The van der Waals surface area contributed by atoms with Crippen molar-refractivity contribution < 1.29 is 19.4 Å². The van der Waals surface area contributed by atoms with E-state index < -0.39 is 12.0 Å². The number of hydrogen-bond acceptors (Lipinski definition) is 4. The van der Waals surface area contributed by atoms with Crippen molar-refractivity contribution in [1.82, 2.24) is 10.2 Å². The number of amides is 1. The van der Waals surface area contributed by atoms with Crippen molar-refractivity contribution in [3.8, 4) is 5.75 Å². The van der Waals surface area contributed by atoms with E-state index in [1.807, 2.05) is 6.07 Å². The van der Waals surface area contributed by atoms with Crippen LogP contribution in [0, 0.1) is 0 Å². The summed E-state index contributed by atoms with van der Waals surface area (Å²) in [5.74, 6) is -0.487. The molecular weight excluding hydrogens is 308 g/mol. The van der Waals surface area contributed by atoms with Crippen molar-refractivity contribution in [3.63, 3.8) is 0 Å². The molecule has 0 saturated heterocycles. The van der Waals surface area contributed by atoms with Gasteiger partial charge in [-0.05, 0) is 24.6 Å². The van der Waals surface area contributed by atoms with Crippen molar-refractivity contribution in [2.45, 2.75) is 26.4 Å². The topological polar surface area (TPSA) is 78.9 Å². The number of benzene rings is 1. The summed E-state index contributed by atoms with van der Waals surface area (Å²) in [6.07, 6.45) is 0. The Balaban J connectivity index is 2.80. The van der Waals surface area contributed by atoms with Crippen LogP contribution < -0.4 is 10.1 Å². The van der Waals surface area contributed by atoms with E-state index in [1.54, 1.807) is 24.0 Å². The Kier molecular flexibility index (Phi) is 7.14. The van der Waals surface area contributed by atoms with E-state index in [4.69, 9.17) is 16.3 Å². The standard InChI is InChI=1S/C15H21ClN2O4/c1-10(15(20)21)18(7-6-17-11(2)19)9-12-4-5-14(22-3)13(16)8-12/h4-5,8,10H,6-7,9H2,1-3H3,(H,17,19)(H,20,21). The van der Waals surface area contributed by atoms with Crippen LogP contribution >= 0.6 is 11.6 Å². The first-order valence-corrected chi connectivity index (χ1v) is 7.26. The van der Waals surface area contributed by atoms with Gasteiger partial charge in [-0.3, -0.25) is 14.5 Å². The maximum absolute atomic E-state index is 11.2. The highest BCUT2D eigenvalue weighted by atomic mass is 35.5. The molecule has 0 saturated carbocycles. The highest BCUT2D eigenvalue weighted by Crippen LogP contribution is 2.25. The fraction of sp³-hybridized carbons (Fsp3) is 0.467. The molecule has 1 aromatic carbocycles. The van der Waals surface area contributed by atoms with E-state index in [2.05, 4.69) is 5.32 Å². The minimum absolute atomic E-state index is 0.143. The number of aliphatic carboxylic acids is 1. The molecule has 2 N–H and O–H groups in total. The van der Waals surface area contributed by atoms with Crippen LogP contribution in [0.1, 0.15) is 19.4 Å². The first-order valence-electron chi connectivity index (χ1n) is 6.89. The molecule has 1 unspecified atom stereocenters. The molecule has 0 aromatic heterocycles. The third-order valence-electron chi connectivity index (χ3n) is 3.28. The molecular formula is C15H21ClN2O4. The predicted octanol–water partition coefficient (Wildman–Crippen LogP) is 1.76.